The number of fused-ring (bicyclic) bond motifs is 6. The summed E-state index contributed by atoms with van der Waals surface area (Å²) in [4.78, 5) is 0. The summed E-state index contributed by atoms with van der Waals surface area (Å²) in [6, 6.07) is 94.9. The van der Waals surface area contributed by atoms with Crippen molar-refractivity contribution >= 4 is 0 Å². The fraction of sp³-hybridized carbons (Fsp3) is 0.0476. The van der Waals surface area contributed by atoms with E-state index >= 15 is 0 Å². The molecule has 63 heavy (non-hydrogen) atoms. The van der Waals surface area contributed by atoms with E-state index in [0.29, 0.717) is 0 Å². The normalized spacial score (nSPS) is 14.6. The molecule has 10 aromatic carbocycles. The van der Waals surface area contributed by atoms with Gasteiger partial charge in [-0.2, -0.15) is 0 Å². The molecule has 0 radical (unpaired) electrons. The van der Waals surface area contributed by atoms with Crippen molar-refractivity contribution in [3.05, 3.63) is 310 Å². The Morgan fingerprint density at radius 3 is 1.40 bits per heavy atom. The Morgan fingerprint density at radius 1 is 0.286 bits per heavy atom. The highest BCUT2D eigenvalue weighted by molar-refractivity contribution is 5.87. The third kappa shape index (κ3) is 6.05. The molecule has 296 valence electrons. The Morgan fingerprint density at radius 2 is 0.746 bits per heavy atom. The zero-order valence-corrected chi connectivity index (χ0v) is 34.9. The summed E-state index contributed by atoms with van der Waals surface area (Å²) < 4.78 is 0. The van der Waals surface area contributed by atoms with Crippen LogP contribution in [-0.2, 0) is 5.41 Å². The van der Waals surface area contributed by atoms with Crippen LogP contribution < -0.4 is 0 Å². The average Bonchev–Trinajstić information content (AvgIpc) is 3.86. The van der Waals surface area contributed by atoms with E-state index in [0.717, 1.165) is 0 Å². The molecule has 0 heterocycles. The van der Waals surface area contributed by atoms with Gasteiger partial charge in [-0.15, -0.1) is 0 Å². The molecule has 10 aromatic rings. The SMILES string of the molecule is c1ccc(-c2ccc(C(c3ccc(-c4ccc5c(c4)-c4ccccc4C5c4ccccc4)cc3)c3ccc4c(c3)C(c3ccccc3)(c3ccccc3)c3ccccc3-4)cc2)cc1. The molecule has 2 aliphatic rings. The lowest BCUT2D eigenvalue weighted by Crippen LogP contribution is -2.28. The van der Waals surface area contributed by atoms with Crippen molar-refractivity contribution in [2.45, 2.75) is 17.3 Å². The van der Waals surface area contributed by atoms with Crippen LogP contribution in [0.4, 0.5) is 0 Å². The van der Waals surface area contributed by atoms with Crippen molar-refractivity contribution in [3.8, 4) is 44.5 Å². The first-order valence-electron chi connectivity index (χ1n) is 22.1. The fourth-order valence-electron chi connectivity index (χ4n) is 11.0. The minimum atomic E-state index is -0.470. The van der Waals surface area contributed by atoms with Crippen LogP contribution in [-0.4, -0.2) is 0 Å². The molecule has 2 aliphatic carbocycles. The summed E-state index contributed by atoms with van der Waals surface area (Å²) in [5.74, 6) is 0.242. The van der Waals surface area contributed by atoms with Gasteiger partial charge in [0.2, 0.25) is 0 Å². The number of hydrogen-bond donors (Lipinski definition) is 0. The monoisotopic (exact) mass is 800 g/mol. The van der Waals surface area contributed by atoms with Gasteiger partial charge < -0.3 is 0 Å². The second-order valence-electron chi connectivity index (χ2n) is 17.1. The topological polar surface area (TPSA) is 0 Å². The number of benzene rings is 10. The molecule has 0 spiro atoms. The summed E-state index contributed by atoms with van der Waals surface area (Å²) in [7, 11) is 0. The molecule has 2 atom stereocenters. The molecule has 0 saturated heterocycles. The van der Waals surface area contributed by atoms with Crippen LogP contribution in [0.1, 0.15) is 67.5 Å². The van der Waals surface area contributed by atoms with Gasteiger partial charge in [0, 0.05) is 11.8 Å². The lowest BCUT2D eigenvalue weighted by atomic mass is 9.67. The van der Waals surface area contributed by atoms with Gasteiger partial charge >= 0.3 is 0 Å². The second-order valence-corrected chi connectivity index (χ2v) is 17.1. The third-order valence-corrected chi connectivity index (χ3v) is 13.8. The van der Waals surface area contributed by atoms with Gasteiger partial charge in [0.15, 0.2) is 0 Å². The summed E-state index contributed by atoms with van der Waals surface area (Å²) in [6.45, 7) is 0. The van der Waals surface area contributed by atoms with Crippen LogP contribution in [0, 0.1) is 0 Å². The van der Waals surface area contributed by atoms with E-state index in [-0.39, 0.29) is 11.8 Å². The van der Waals surface area contributed by atoms with Gasteiger partial charge in [0.05, 0.1) is 5.41 Å². The Bertz CT molecular complexity index is 3200. The molecular formula is C63H44. The molecular weight excluding hydrogens is 757 g/mol. The van der Waals surface area contributed by atoms with Crippen LogP contribution in [0.5, 0.6) is 0 Å². The summed E-state index contributed by atoms with van der Waals surface area (Å²) in [5, 5.41) is 0. The van der Waals surface area contributed by atoms with Gasteiger partial charge in [-0.05, 0) is 106 Å². The van der Waals surface area contributed by atoms with Crippen LogP contribution >= 0.6 is 0 Å². The molecule has 0 amide bonds. The quantitative estimate of drug-likeness (QED) is 0.134. The van der Waals surface area contributed by atoms with Crippen molar-refractivity contribution in [3.63, 3.8) is 0 Å². The van der Waals surface area contributed by atoms with Crippen molar-refractivity contribution in [2.24, 2.45) is 0 Å². The zero-order valence-electron chi connectivity index (χ0n) is 34.9. The van der Waals surface area contributed by atoms with Crippen LogP contribution in [0.3, 0.4) is 0 Å². The molecule has 0 fully saturated rings. The Kier molecular flexibility index (Phi) is 8.97. The lowest BCUT2D eigenvalue weighted by Gasteiger charge is -2.34. The van der Waals surface area contributed by atoms with Gasteiger partial charge in [-0.1, -0.05) is 249 Å². The predicted molar refractivity (Wildman–Crippen MR) is 261 cm³/mol. The van der Waals surface area contributed by atoms with Crippen LogP contribution in [0.15, 0.2) is 255 Å². The highest BCUT2D eigenvalue weighted by Crippen LogP contribution is 2.57. The zero-order chi connectivity index (χ0) is 41.7. The number of hydrogen-bond acceptors (Lipinski definition) is 0. The fourth-order valence-corrected chi connectivity index (χ4v) is 11.0. The predicted octanol–water partition coefficient (Wildman–Crippen LogP) is 15.7. The molecule has 0 aliphatic heterocycles. The van der Waals surface area contributed by atoms with E-state index < -0.39 is 5.41 Å². The molecule has 0 aromatic heterocycles. The Hall–Kier alpha value is -7.80. The van der Waals surface area contributed by atoms with Gasteiger partial charge in [-0.3, -0.25) is 0 Å². The smallest absolute Gasteiger partial charge is 0.0622 e. The van der Waals surface area contributed by atoms with E-state index in [4.69, 9.17) is 0 Å². The molecule has 0 nitrogen and oxygen atoms in total. The largest absolute Gasteiger partial charge is 0.0713 e. The van der Waals surface area contributed by atoms with E-state index in [9.17, 15) is 0 Å². The van der Waals surface area contributed by atoms with Gasteiger partial charge in [-0.25, -0.2) is 0 Å². The standard InChI is InChI=1S/C63H44/c1-5-17-43(18-6-1)44-29-33-47(34-30-44)61(48-35-31-45(32-36-48)49-37-40-57-58(41-49)53-25-13-14-27-56(53)62(57)46-19-7-2-8-20-46)50-38-39-55-54-26-15-16-28-59(54)63(60(55)42-50,51-21-9-3-10-22-51)52-23-11-4-12-24-52/h1-42,61-62H. The highest BCUT2D eigenvalue weighted by atomic mass is 14.5. The maximum absolute atomic E-state index is 2.53. The van der Waals surface area contributed by atoms with Crippen LogP contribution in [0.2, 0.25) is 0 Å². The van der Waals surface area contributed by atoms with Crippen LogP contribution in [0.25, 0.3) is 44.5 Å². The number of rotatable bonds is 8. The van der Waals surface area contributed by atoms with Gasteiger partial charge in [0.1, 0.15) is 0 Å². The van der Waals surface area contributed by atoms with E-state index in [2.05, 4.69) is 255 Å². The average molecular weight is 801 g/mol. The van der Waals surface area contributed by atoms with E-state index in [1.165, 1.54) is 100 Å². The minimum Gasteiger partial charge on any atom is -0.0622 e. The van der Waals surface area contributed by atoms with Crippen molar-refractivity contribution < 1.29 is 0 Å². The molecule has 12 rings (SSSR count). The molecule has 0 N–H and O–H groups in total. The first-order chi connectivity index (χ1) is 31.3. The third-order valence-electron chi connectivity index (χ3n) is 13.8. The molecule has 2 unspecified atom stereocenters. The first-order valence-corrected chi connectivity index (χ1v) is 22.1. The molecule has 0 bridgehead atoms. The summed E-state index contributed by atoms with van der Waals surface area (Å²) >= 11 is 0. The minimum absolute atomic E-state index is 0.000612. The van der Waals surface area contributed by atoms with Crippen molar-refractivity contribution in [1.82, 2.24) is 0 Å². The van der Waals surface area contributed by atoms with E-state index in [1.54, 1.807) is 0 Å². The second kappa shape index (κ2) is 15.3. The maximum Gasteiger partial charge on any atom is 0.0713 e. The van der Waals surface area contributed by atoms with Gasteiger partial charge in [0.25, 0.3) is 0 Å². The summed E-state index contributed by atoms with van der Waals surface area (Å²) in [5.41, 5.74) is 22.8. The highest BCUT2D eigenvalue weighted by Gasteiger charge is 2.46. The molecule has 0 saturated carbocycles. The van der Waals surface area contributed by atoms with Crippen molar-refractivity contribution in [1.29, 1.82) is 0 Å². The Labute approximate surface area is 370 Å². The van der Waals surface area contributed by atoms with Crippen molar-refractivity contribution in [2.75, 3.05) is 0 Å². The van der Waals surface area contributed by atoms with E-state index in [1.807, 2.05) is 0 Å². The molecule has 0 heteroatoms. The first kappa shape index (κ1) is 37.0. The maximum atomic E-state index is 2.53. The lowest BCUT2D eigenvalue weighted by molar-refractivity contribution is 0.765. The summed E-state index contributed by atoms with van der Waals surface area (Å²) in [6.07, 6.45) is 0. The Balaban J connectivity index is 0.998.